The fraction of sp³-hybridized carbons (Fsp3) is 0.231. The number of rotatable bonds is 11. The van der Waals surface area contributed by atoms with E-state index in [1.54, 1.807) is 7.11 Å². The minimum Gasteiger partial charge on any atom is -0.496 e. The standard InChI is InChI=1S/C26H29NO3/c1-29-26-12-6-5-10-23(26)11-7-17-27-19-24(28)20-30-25-15-13-22(14-16-25)18-21-8-3-2-4-9-21/h2-16,24,27-28H,17-20H2,1H3/b11-7+. The SMILES string of the molecule is COc1ccccc1/C=C/CNCC(O)COc1ccc(Cc2ccccc2)cc1. The van der Waals surface area contributed by atoms with Gasteiger partial charge in [0.25, 0.3) is 0 Å². The second-order valence-corrected chi connectivity index (χ2v) is 7.07. The summed E-state index contributed by atoms with van der Waals surface area (Å²) in [7, 11) is 1.66. The Morgan fingerprint density at radius 2 is 1.60 bits per heavy atom. The number of benzene rings is 3. The van der Waals surface area contributed by atoms with Gasteiger partial charge in [0.15, 0.2) is 0 Å². The van der Waals surface area contributed by atoms with Gasteiger partial charge in [0, 0.05) is 18.7 Å². The molecule has 0 aliphatic carbocycles. The van der Waals surface area contributed by atoms with Crippen LogP contribution in [0.15, 0.2) is 84.9 Å². The average molecular weight is 404 g/mol. The molecular formula is C26H29NO3. The van der Waals surface area contributed by atoms with Crippen LogP contribution in [-0.2, 0) is 6.42 Å². The summed E-state index contributed by atoms with van der Waals surface area (Å²) >= 11 is 0. The van der Waals surface area contributed by atoms with Crippen molar-refractivity contribution in [3.8, 4) is 11.5 Å². The molecule has 0 spiro atoms. The molecular weight excluding hydrogens is 374 g/mol. The topological polar surface area (TPSA) is 50.7 Å². The number of aliphatic hydroxyl groups is 1. The highest BCUT2D eigenvalue weighted by Gasteiger charge is 2.05. The van der Waals surface area contributed by atoms with Crippen molar-refractivity contribution in [2.45, 2.75) is 12.5 Å². The molecule has 3 aromatic carbocycles. The minimum atomic E-state index is -0.575. The van der Waals surface area contributed by atoms with Crippen LogP contribution >= 0.6 is 0 Å². The summed E-state index contributed by atoms with van der Waals surface area (Å²) in [6.45, 7) is 1.37. The van der Waals surface area contributed by atoms with Crippen molar-refractivity contribution in [3.05, 3.63) is 102 Å². The lowest BCUT2D eigenvalue weighted by molar-refractivity contribution is 0.107. The summed E-state index contributed by atoms with van der Waals surface area (Å²) in [5.74, 6) is 1.61. The number of hydrogen-bond acceptors (Lipinski definition) is 4. The van der Waals surface area contributed by atoms with Crippen molar-refractivity contribution in [3.63, 3.8) is 0 Å². The Morgan fingerprint density at radius 1 is 0.900 bits per heavy atom. The molecule has 4 nitrogen and oxygen atoms in total. The second-order valence-electron chi connectivity index (χ2n) is 7.07. The fourth-order valence-electron chi connectivity index (χ4n) is 3.11. The first-order chi connectivity index (χ1) is 14.7. The van der Waals surface area contributed by atoms with Gasteiger partial charge in [-0.3, -0.25) is 0 Å². The zero-order valence-corrected chi connectivity index (χ0v) is 17.3. The van der Waals surface area contributed by atoms with E-state index < -0.39 is 6.10 Å². The Morgan fingerprint density at radius 3 is 2.37 bits per heavy atom. The van der Waals surface area contributed by atoms with E-state index in [2.05, 4.69) is 41.7 Å². The molecule has 0 amide bonds. The highest BCUT2D eigenvalue weighted by atomic mass is 16.5. The molecule has 1 unspecified atom stereocenters. The molecule has 1 atom stereocenters. The number of methoxy groups -OCH3 is 1. The first kappa shape index (κ1) is 21.6. The molecule has 30 heavy (non-hydrogen) atoms. The van der Waals surface area contributed by atoms with E-state index in [-0.39, 0.29) is 6.61 Å². The normalized spacial score (nSPS) is 12.1. The predicted molar refractivity (Wildman–Crippen MR) is 122 cm³/mol. The zero-order valence-electron chi connectivity index (χ0n) is 17.3. The lowest BCUT2D eigenvalue weighted by Gasteiger charge is -2.13. The van der Waals surface area contributed by atoms with Crippen molar-refractivity contribution in [2.75, 3.05) is 26.8 Å². The molecule has 0 radical (unpaired) electrons. The average Bonchev–Trinajstić information content (AvgIpc) is 2.79. The van der Waals surface area contributed by atoms with E-state index in [9.17, 15) is 5.11 Å². The molecule has 0 fully saturated rings. The molecule has 0 aliphatic heterocycles. The van der Waals surface area contributed by atoms with Crippen LogP contribution in [0.1, 0.15) is 16.7 Å². The first-order valence-electron chi connectivity index (χ1n) is 10.2. The monoisotopic (exact) mass is 403 g/mol. The van der Waals surface area contributed by atoms with Gasteiger partial charge in [-0.25, -0.2) is 0 Å². The van der Waals surface area contributed by atoms with Crippen LogP contribution in [0.3, 0.4) is 0 Å². The number of aliphatic hydroxyl groups excluding tert-OH is 1. The molecule has 0 heterocycles. The van der Waals surface area contributed by atoms with Crippen LogP contribution in [0.5, 0.6) is 11.5 Å². The van der Waals surface area contributed by atoms with E-state index in [1.807, 2.05) is 54.6 Å². The van der Waals surface area contributed by atoms with E-state index in [0.29, 0.717) is 13.1 Å². The molecule has 3 aromatic rings. The van der Waals surface area contributed by atoms with Gasteiger partial charge in [0.05, 0.1) is 7.11 Å². The third kappa shape index (κ3) is 7.07. The minimum absolute atomic E-state index is 0.251. The van der Waals surface area contributed by atoms with E-state index in [1.165, 1.54) is 11.1 Å². The zero-order chi connectivity index (χ0) is 21.0. The smallest absolute Gasteiger partial charge is 0.126 e. The highest BCUT2D eigenvalue weighted by Crippen LogP contribution is 2.18. The Bertz CT molecular complexity index is 907. The maximum Gasteiger partial charge on any atom is 0.126 e. The molecule has 2 N–H and O–H groups in total. The van der Waals surface area contributed by atoms with Crippen LogP contribution in [0.2, 0.25) is 0 Å². The maximum atomic E-state index is 10.1. The Labute approximate surface area is 178 Å². The summed E-state index contributed by atoms with van der Waals surface area (Å²) in [4.78, 5) is 0. The summed E-state index contributed by atoms with van der Waals surface area (Å²) in [5, 5.41) is 13.3. The molecule has 4 heteroatoms. The molecule has 0 saturated heterocycles. The van der Waals surface area contributed by atoms with Gasteiger partial charge in [-0.2, -0.15) is 0 Å². The summed E-state index contributed by atoms with van der Waals surface area (Å²) < 4.78 is 11.0. The summed E-state index contributed by atoms with van der Waals surface area (Å²) in [5.41, 5.74) is 3.55. The van der Waals surface area contributed by atoms with Gasteiger partial charge >= 0.3 is 0 Å². The van der Waals surface area contributed by atoms with Crippen LogP contribution in [0.25, 0.3) is 6.08 Å². The Hall–Kier alpha value is -3.08. The molecule has 0 aromatic heterocycles. The van der Waals surface area contributed by atoms with Crippen LogP contribution < -0.4 is 14.8 Å². The van der Waals surface area contributed by atoms with Gasteiger partial charge in [-0.15, -0.1) is 0 Å². The Balaban J connectivity index is 1.35. The molecule has 0 bridgehead atoms. The van der Waals surface area contributed by atoms with Crippen LogP contribution in [0, 0.1) is 0 Å². The van der Waals surface area contributed by atoms with Crippen LogP contribution in [-0.4, -0.2) is 38.0 Å². The quantitative estimate of drug-likeness (QED) is 0.468. The number of nitrogens with one attached hydrogen (secondary N) is 1. The van der Waals surface area contributed by atoms with Crippen molar-refractivity contribution >= 4 is 6.08 Å². The van der Waals surface area contributed by atoms with E-state index in [0.717, 1.165) is 23.5 Å². The lowest BCUT2D eigenvalue weighted by Crippen LogP contribution is -2.31. The van der Waals surface area contributed by atoms with Crippen molar-refractivity contribution < 1.29 is 14.6 Å². The largest absolute Gasteiger partial charge is 0.496 e. The highest BCUT2D eigenvalue weighted by molar-refractivity contribution is 5.57. The van der Waals surface area contributed by atoms with E-state index in [4.69, 9.17) is 9.47 Å². The lowest BCUT2D eigenvalue weighted by atomic mass is 10.1. The summed E-state index contributed by atoms with van der Waals surface area (Å²) in [6, 6.07) is 26.3. The van der Waals surface area contributed by atoms with Gasteiger partial charge in [0.2, 0.25) is 0 Å². The van der Waals surface area contributed by atoms with Crippen molar-refractivity contribution in [2.24, 2.45) is 0 Å². The van der Waals surface area contributed by atoms with Gasteiger partial charge in [-0.1, -0.05) is 72.8 Å². The van der Waals surface area contributed by atoms with Crippen molar-refractivity contribution in [1.29, 1.82) is 0 Å². The molecule has 156 valence electrons. The number of para-hydroxylation sites is 1. The second kappa shape index (κ2) is 11.8. The molecule has 0 saturated carbocycles. The third-order valence-corrected chi connectivity index (χ3v) is 4.70. The van der Waals surface area contributed by atoms with E-state index >= 15 is 0 Å². The van der Waals surface area contributed by atoms with Crippen molar-refractivity contribution in [1.82, 2.24) is 5.32 Å². The number of ether oxygens (including phenoxy) is 2. The fourth-order valence-corrected chi connectivity index (χ4v) is 3.11. The first-order valence-corrected chi connectivity index (χ1v) is 10.2. The Kier molecular flexibility index (Phi) is 8.51. The predicted octanol–water partition coefficient (Wildman–Crippen LogP) is 4.33. The van der Waals surface area contributed by atoms with Gasteiger partial charge in [0.1, 0.15) is 24.2 Å². The van der Waals surface area contributed by atoms with Gasteiger partial charge < -0.3 is 19.9 Å². The number of hydrogen-bond donors (Lipinski definition) is 2. The summed E-state index contributed by atoms with van der Waals surface area (Å²) in [6.07, 6.45) is 4.34. The maximum absolute atomic E-state index is 10.1. The van der Waals surface area contributed by atoms with Gasteiger partial charge in [-0.05, 0) is 35.7 Å². The molecule has 0 aliphatic rings. The molecule has 3 rings (SSSR count). The van der Waals surface area contributed by atoms with Crippen LogP contribution in [0.4, 0.5) is 0 Å². The third-order valence-electron chi connectivity index (χ3n) is 4.70.